The molecular weight excluding hydrogens is 323 g/mol. The summed E-state index contributed by atoms with van der Waals surface area (Å²) in [4.78, 5) is 4.36. The highest BCUT2D eigenvalue weighted by Crippen LogP contribution is 2.28. The van der Waals surface area contributed by atoms with E-state index in [4.69, 9.17) is 23.2 Å². The van der Waals surface area contributed by atoms with Gasteiger partial charge in [-0.25, -0.2) is 4.98 Å². The van der Waals surface area contributed by atoms with Crippen molar-refractivity contribution in [3.63, 3.8) is 0 Å². The van der Waals surface area contributed by atoms with Crippen LogP contribution in [-0.2, 0) is 13.2 Å². The van der Waals surface area contributed by atoms with Gasteiger partial charge in [-0.2, -0.15) is 0 Å². The average Bonchev–Trinajstić information content (AvgIpc) is 2.87. The zero-order valence-electron chi connectivity index (χ0n) is 11.6. The molecule has 0 aliphatic carbocycles. The summed E-state index contributed by atoms with van der Waals surface area (Å²) >= 11 is 12.1. The summed E-state index contributed by atoms with van der Waals surface area (Å²) in [5.41, 5.74) is 2.18. The van der Waals surface area contributed by atoms with Crippen LogP contribution in [0.25, 0.3) is 11.0 Å². The van der Waals surface area contributed by atoms with Gasteiger partial charge in [-0.1, -0.05) is 35.3 Å². The Morgan fingerprint density at radius 1 is 1.14 bits per heavy atom. The summed E-state index contributed by atoms with van der Waals surface area (Å²) in [6.07, 6.45) is -0.853. The number of rotatable bonds is 4. The van der Waals surface area contributed by atoms with Gasteiger partial charge < -0.3 is 14.8 Å². The summed E-state index contributed by atoms with van der Waals surface area (Å²) in [6, 6.07) is 12.5. The molecule has 4 nitrogen and oxygen atoms in total. The van der Waals surface area contributed by atoms with Crippen molar-refractivity contribution in [2.45, 2.75) is 19.3 Å². The van der Waals surface area contributed by atoms with Crippen LogP contribution in [0.3, 0.4) is 0 Å². The van der Waals surface area contributed by atoms with E-state index in [0.29, 0.717) is 21.4 Å². The highest BCUT2D eigenvalue weighted by Gasteiger charge is 2.17. The van der Waals surface area contributed by atoms with Gasteiger partial charge in [-0.05, 0) is 30.3 Å². The van der Waals surface area contributed by atoms with Crippen molar-refractivity contribution in [1.29, 1.82) is 0 Å². The Hall–Kier alpha value is -1.59. The summed E-state index contributed by atoms with van der Waals surface area (Å²) in [6.45, 7) is 0.0289. The molecule has 3 rings (SSSR count). The molecule has 0 bridgehead atoms. The van der Waals surface area contributed by atoms with E-state index in [9.17, 15) is 10.2 Å². The second kappa shape index (κ2) is 6.26. The lowest BCUT2D eigenvalue weighted by Gasteiger charge is -2.16. The molecule has 114 valence electrons. The van der Waals surface area contributed by atoms with Crippen molar-refractivity contribution < 1.29 is 10.2 Å². The first-order chi connectivity index (χ1) is 10.6. The number of aliphatic hydroxyl groups excluding tert-OH is 2. The third kappa shape index (κ3) is 2.83. The molecule has 1 aromatic heterocycles. The van der Waals surface area contributed by atoms with E-state index in [0.717, 1.165) is 11.0 Å². The number of fused-ring (bicyclic) bond motifs is 1. The summed E-state index contributed by atoms with van der Waals surface area (Å²) in [7, 11) is 0. The fourth-order valence-electron chi connectivity index (χ4n) is 2.49. The Balaban J connectivity index is 2.00. The largest absolute Gasteiger partial charge is 0.388 e. The summed E-state index contributed by atoms with van der Waals surface area (Å²) in [5, 5.41) is 21.0. The van der Waals surface area contributed by atoms with E-state index < -0.39 is 6.10 Å². The molecule has 2 N–H and O–H groups in total. The van der Waals surface area contributed by atoms with Crippen molar-refractivity contribution in [3.05, 3.63) is 63.9 Å². The summed E-state index contributed by atoms with van der Waals surface area (Å²) < 4.78 is 1.79. The Labute approximate surface area is 137 Å². The minimum Gasteiger partial charge on any atom is -0.388 e. The zero-order chi connectivity index (χ0) is 15.7. The zero-order valence-corrected chi connectivity index (χ0v) is 13.1. The number of benzene rings is 2. The SMILES string of the molecule is OCc1nc2ccccc2n1C[C@H](O)c1cc(Cl)ccc1Cl. The second-order valence-electron chi connectivity index (χ2n) is 4.97. The van der Waals surface area contributed by atoms with Crippen molar-refractivity contribution in [2.24, 2.45) is 0 Å². The first kappa shape index (κ1) is 15.3. The van der Waals surface area contributed by atoms with Crippen LogP contribution >= 0.6 is 23.2 Å². The molecule has 0 radical (unpaired) electrons. The molecule has 0 aliphatic rings. The van der Waals surface area contributed by atoms with E-state index in [1.54, 1.807) is 22.8 Å². The van der Waals surface area contributed by atoms with Gasteiger partial charge >= 0.3 is 0 Å². The van der Waals surface area contributed by atoms with Crippen LogP contribution in [0.5, 0.6) is 0 Å². The van der Waals surface area contributed by atoms with Crippen LogP contribution in [0.1, 0.15) is 17.5 Å². The molecule has 1 heterocycles. The van der Waals surface area contributed by atoms with Gasteiger partial charge in [-0.3, -0.25) is 0 Å². The number of hydrogen-bond donors (Lipinski definition) is 2. The molecule has 0 aliphatic heterocycles. The van der Waals surface area contributed by atoms with Crippen LogP contribution in [0.15, 0.2) is 42.5 Å². The standard InChI is InChI=1S/C16H14Cl2N2O2/c17-10-5-6-12(18)11(7-10)15(22)8-20-14-4-2-1-3-13(14)19-16(20)9-21/h1-7,15,21-22H,8-9H2/t15-/m0/s1. The summed E-state index contributed by atoms with van der Waals surface area (Å²) in [5.74, 6) is 0.499. The Morgan fingerprint density at radius 3 is 2.68 bits per heavy atom. The number of hydrogen-bond acceptors (Lipinski definition) is 3. The molecule has 0 fully saturated rings. The molecule has 0 unspecified atom stereocenters. The van der Waals surface area contributed by atoms with Gasteiger partial charge in [0.25, 0.3) is 0 Å². The van der Waals surface area contributed by atoms with E-state index >= 15 is 0 Å². The molecule has 22 heavy (non-hydrogen) atoms. The third-order valence-electron chi connectivity index (χ3n) is 3.55. The minimum absolute atomic E-state index is 0.204. The second-order valence-corrected chi connectivity index (χ2v) is 5.81. The van der Waals surface area contributed by atoms with Crippen molar-refractivity contribution in [3.8, 4) is 0 Å². The number of aliphatic hydroxyl groups is 2. The van der Waals surface area contributed by atoms with Crippen LogP contribution in [0, 0.1) is 0 Å². The first-order valence-corrected chi connectivity index (χ1v) is 7.53. The fraction of sp³-hybridized carbons (Fsp3) is 0.188. The molecule has 2 aromatic carbocycles. The smallest absolute Gasteiger partial charge is 0.135 e. The van der Waals surface area contributed by atoms with Gasteiger partial charge in [0.1, 0.15) is 12.4 Å². The normalized spacial score (nSPS) is 12.7. The molecule has 6 heteroatoms. The quantitative estimate of drug-likeness (QED) is 0.765. The van der Waals surface area contributed by atoms with Crippen molar-refractivity contribution >= 4 is 34.2 Å². The van der Waals surface area contributed by atoms with E-state index in [-0.39, 0.29) is 13.2 Å². The fourth-order valence-corrected chi connectivity index (χ4v) is 2.92. The highest BCUT2D eigenvalue weighted by atomic mass is 35.5. The molecule has 1 atom stereocenters. The molecule has 0 saturated carbocycles. The van der Waals surface area contributed by atoms with E-state index in [1.165, 1.54) is 0 Å². The van der Waals surface area contributed by atoms with Crippen molar-refractivity contribution in [1.82, 2.24) is 9.55 Å². The monoisotopic (exact) mass is 336 g/mol. The number of nitrogens with zero attached hydrogens (tertiary/aromatic N) is 2. The molecule has 3 aromatic rings. The average molecular weight is 337 g/mol. The maximum atomic E-state index is 10.5. The lowest BCUT2D eigenvalue weighted by Crippen LogP contribution is -2.12. The lowest BCUT2D eigenvalue weighted by atomic mass is 10.1. The number of aromatic nitrogens is 2. The maximum Gasteiger partial charge on any atom is 0.135 e. The molecule has 0 amide bonds. The molecule has 0 saturated heterocycles. The third-order valence-corrected chi connectivity index (χ3v) is 4.13. The Kier molecular flexibility index (Phi) is 4.36. The Morgan fingerprint density at radius 2 is 1.91 bits per heavy atom. The van der Waals surface area contributed by atoms with Crippen LogP contribution in [0.4, 0.5) is 0 Å². The molecular formula is C16H14Cl2N2O2. The Bertz CT molecular complexity index is 817. The van der Waals surface area contributed by atoms with E-state index in [2.05, 4.69) is 4.98 Å². The van der Waals surface area contributed by atoms with Crippen LogP contribution in [-0.4, -0.2) is 19.8 Å². The van der Waals surface area contributed by atoms with E-state index in [1.807, 2.05) is 24.3 Å². The lowest BCUT2D eigenvalue weighted by molar-refractivity contribution is 0.153. The number of para-hydroxylation sites is 2. The number of imidazole rings is 1. The van der Waals surface area contributed by atoms with Crippen LogP contribution < -0.4 is 0 Å². The highest BCUT2D eigenvalue weighted by molar-refractivity contribution is 6.33. The van der Waals surface area contributed by atoms with Gasteiger partial charge in [0, 0.05) is 15.6 Å². The minimum atomic E-state index is -0.853. The molecule has 0 spiro atoms. The number of halogens is 2. The predicted molar refractivity (Wildman–Crippen MR) is 87.1 cm³/mol. The van der Waals surface area contributed by atoms with Crippen molar-refractivity contribution in [2.75, 3.05) is 0 Å². The topological polar surface area (TPSA) is 58.3 Å². The first-order valence-electron chi connectivity index (χ1n) is 6.78. The van der Waals surface area contributed by atoms with Gasteiger partial charge in [0.05, 0.1) is 23.7 Å². The van der Waals surface area contributed by atoms with Gasteiger partial charge in [0.15, 0.2) is 0 Å². The van der Waals surface area contributed by atoms with Crippen LogP contribution in [0.2, 0.25) is 10.0 Å². The van der Waals surface area contributed by atoms with Gasteiger partial charge in [-0.15, -0.1) is 0 Å². The van der Waals surface area contributed by atoms with Gasteiger partial charge in [0.2, 0.25) is 0 Å². The maximum absolute atomic E-state index is 10.5. The predicted octanol–water partition coefficient (Wildman–Crippen LogP) is 3.57.